The number of amides is 2. The van der Waals surface area contributed by atoms with E-state index in [1.54, 1.807) is 0 Å². The Labute approximate surface area is 104 Å². The highest BCUT2D eigenvalue weighted by Crippen LogP contribution is 2.07. The van der Waals surface area contributed by atoms with Crippen molar-refractivity contribution >= 4 is 21.8 Å². The number of carboxylic acids is 1. The van der Waals surface area contributed by atoms with Crippen LogP contribution in [0.25, 0.3) is 0 Å². The average molecular weight is 272 g/mol. The second-order valence-electron chi connectivity index (χ2n) is 3.68. The number of carbonyl (C=O) groups is 2. The highest BCUT2D eigenvalue weighted by molar-refractivity contribution is 7.94. The maximum atomic E-state index is 11.4. The minimum Gasteiger partial charge on any atom is -0.480 e. The first kappa shape index (κ1) is 14.1. The van der Waals surface area contributed by atoms with E-state index in [4.69, 9.17) is 11.5 Å². The molecule has 2 atom stereocenters. The molecular formula is C10H12N2O5S. The zero-order chi connectivity index (χ0) is 13.8. The molecule has 1 aliphatic heterocycles. The molecule has 0 saturated heterocycles. The number of terminal acetylenes is 1. The average Bonchev–Trinajstić information content (AvgIpc) is 2.57. The summed E-state index contributed by atoms with van der Waals surface area (Å²) in [5, 5.41) is 14.2. The minimum atomic E-state index is -3.27. The second kappa shape index (κ2) is 5.55. The van der Waals surface area contributed by atoms with Gasteiger partial charge in [0, 0.05) is 11.8 Å². The third-order valence-electron chi connectivity index (χ3n) is 2.17. The number of hydrogen-bond donors (Lipinski definition) is 3. The van der Waals surface area contributed by atoms with E-state index >= 15 is 0 Å². The number of aliphatic carboxylic acids is 1. The Morgan fingerprint density at radius 1 is 1.56 bits per heavy atom. The Kier molecular flexibility index (Phi) is 4.33. The van der Waals surface area contributed by atoms with Crippen LogP contribution in [-0.4, -0.2) is 43.4 Å². The lowest BCUT2D eigenvalue weighted by Crippen LogP contribution is -2.49. The lowest BCUT2D eigenvalue weighted by Gasteiger charge is -2.15. The van der Waals surface area contributed by atoms with Gasteiger partial charge in [-0.25, -0.2) is 18.0 Å². The number of sulfone groups is 1. The molecule has 1 heterocycles. The molecule has 0 fully saturated rings. The van der Waals surface area contributed by atoms with Crippen LogP contribution in [-0.2, 0) is 14.6 Å². The van der Waals surface area contributed by atoms with Gasteiger partial charge in [-0.05, 0) is 6.08 Å². The van der Waals surface area contributed by atoms with Gasteiger partial charge in [0.05, 0.1) is 11.8 Å². The zero-order valence-corrected chi connectivity index (χ0v) is 10.1. The first-order chi connectivity index (χ1) is 8.34. The predicted octanol–water partition coefficient (Wildman–Crippen LogP) is -0.927. The molecule has 0 aromatic rings. The molecule has 3 N–H and O–H groups in total. The van der Waals surface area contributed by atoms with Gasteiger partial charge < -0.3 is 15.7 Å². The van der Waals surface area contributed by atoms with Crippen molar-refractivity contribution in [2.24, 2.45) is 0 Å². The number of urea groups is 1. The fraction of sp³-hybridized carbons (Fsp3) is 0.400. The molecule has 98 valence electrons. The fourth-order valence-corrected chi connectivity index (χ4v) is 2.59. The van der Waals surface area contributed by atoms with Crippen molar-refractivity contribution in [1.82, 2.24) is 10.6 Å². The third kappa shape index (κ3) is 4.10. The predicted molar refractivity (Wildman–Crippen MR) is 63.3 cm³/mol. The summed E-state index contributed by atoms with van der Waals surface area (Å²) in [4.78, 5) is 22.1. The van der Waals surface area contributed by atoms with Gasteiger partial charge in [0.1, 0.15) is 6.04 Å². The molecule has 0 aromatic carbocycles. The van der Waals surface area contributed by atoms with Crippen LogP contribution in [0.15, 0.2) is 11.5 Å². The van der Waals surface area contributed by atoms with Gasteiger partial charge in [-0.1, -0.05) is 0 Å². The van der Waals surface area contributed by atoms with Crippen molar-refractivity contribution in [2.75, 3.05) is 5.75 Å². The summed E-state index contributed by atoms with van der Waals surface area (Å²) in [6, 6.07) is -2.63. The molecule has 1 aliphatic rings. The Bertz CT molecular complexity index is 517. The van der Waals surface area contributed by atoms with Crippen LogP contribution in [0, 0.1) is 12.3 Å². The summed E-state index contributed by atoms with van der Waals surface area (Å²) in [5.74, 6) is 0.647. The first-order valence-corrected chi connectivity index (χ1v) is 6.70. The molecular weight excluding hydrogens is 260 g/mol. The number of rotatable bonds is 4. The lowest BCUT2D eigenvalue weighted by molar-refractivity contribution is -0.139. The highest BCUT2D eigenvalue weighted by Gasteiger charge is 2.25. The van der Waals surface area contributed by atoms with Gasteiger partial charge in [0.25, 0.3) is 0 Å². The number of nitrogens with one attached hydrogen (secondary N) is 2. The summed E-state index contributed by atoms with van der Waals surface area (Å²) in [6.07, 6.45) is 6.14. The van der Waals surface area contributed by atoms with Crippen molar-refractivity contribution in [2.45, 2.75) is 18.5 Å². The van der Waals surface area contributed by atoms with Crippen LogP contribution in [0.3, 0.4) is 0 Å². The Morgan fingerprint density at radius 2 is 2.22 bits per heavy atom. The number of carbonyl (C=O) groups excluding carboxylic acids is 1. The Balaban J connectivity index is 2.50. The van der Waals surface area contributed by atoms with Crippen molar-refractivity contribution in [3.05, 3.63) is 11.5 Å². The molecule has 0 aliphatic carbocycles. The number of hydrogen-bond acceptors (Lipinski definition) is 4. The smallest absolute Gasteiger partial charge is 0.327 e. The Hall–Kier alpha value is -2.01. The summed E-state index contributed by atoms with van der Waals surface area (Å²) in [5.41, 5.74) is 0. The van der Waals surface area contributed by atoms with E-state index in [2.05, 4.69) is 16.6 Å². The van der Waals surface area contributed by atoms with Gasteiger partial charge in [-0.3, -0.25) is 0 Å². The van der Waals surface area contributed by atoms with E-state index in [0.717, 1.165) is 5.41 Å². The molecule has 0 saturated carbocycles. The summed E-state index contributed by atoms with van der Waals surface area (Å²) < 4.78 is 22.2. The molecule has 2 amide bonds. The quantitative estimate of drug-likeness (QED) is 0.572. The molecule has 0 aromatic heterocycles. The van der Waals surface area contributed by atoms with Crippen LogP contribution >= 0.6 is 0 Å². The molecule has 7 nitrogen and oxygen atoms in total. The fourth-order valence-electron chi connectivity index (χ4n) is 1.35. The van der Waals surface area contributed by atoms with Crippen LogP contribution in [0.5, 0.6) is 0 Å². The normalized spacial score (nSPS) is 21.8. The summed E-state index contributed by atoms with van der Waals surface area (Å²) >= 11 is 0. The minimum absolute atomic E-state index is 0.151. The monoisotopic (exact) mass is 272 g/mol. The van der Waals surface area contributed by atoms with Crippen molar-refractivity contribution in [3.63, 3.8) is 0 Å². The first-order valence-electron chi connectivity index (χ1n) is 4.98. The molecule has 0 spiro atoms. The Morgan fingerprint density at radius 3 is 2.67 bits per heavy atom. The van der Waals surface area contributed by atoms with Gasteiger partial charge >= 0.3 is 12.0 Å². The second-order valence-corrected chi connectivity index (χ2v) is 5.61. The maximum Gasteiger partial charge on any atom is 0.327 e. The van der Waals surface area contributed by atoms with Crippen LogP contribution in [0.2, 0.25) is 0 Å². The maximum absolute atomic E-state index is 11.4. The molecule has 0 radical (unpaired) electrons. The van der Waals surface area contributed by atoms with E-state index in [9.17, 15) is 18.0 Å². The van der Waals surface area contributed by atoms with Crippen molar-refractivity contribution < 1.29 is 23.1 Å². The summed E-state index contributed by atoms with van der Waals surface area (Å²) in [7, 11) is -3.27. The van der Waals surface area contributed by atoms with Crippen molar-refractivity contribution in [3.8, 4) is 12.3 Å². The largest absolute Gasteiger partial charge is 0.480 e. The van der Waals surface area contributed by atoms with Gasteiger partial charge in [-0.2, -0.15) is 0 Å². The van der Waals surface area contributed by atoms with E-state index < -0.39 is 33.9 Å². The third-order valence-corrected chi connectivity index (χ3v) is 3.57. The highest BCUT2D eigenvalue weighted by atomic mass is 32.2. The summed E-state index contributed by atoms with van der Waals surface area (Å²) in [6.45, 7) is 0. The van der Waals surface area contributed by atoms with Crippen LogP contribution in [0.1, 0.15) is 6.42 Å². The molecule has 8 heteroatoms. The number of carboxylic acid groups (broad SMARTS) is 1. The van der Waals surface area contributed by atoms with Gasteiger partial charge in [-0.15, -0.1) is 12.3 Å². The van der Waals surface area contributed by atoms with E-state index in [-0.39, 0.29) is 12.2 Å². The van der Waals surface area contributed by atoms with E-state index in [1.165, 1.54) is 6.08 Å². The lowest BCUT2D eigenvalue weighted by atomic mass is 10.2. The van der Waals surface area contributed by atoms with Gasteiger partial charge in [0.2, 0.25) is 0 Å². The van der Waals surface area contributed by atoms with E-state index in [0.29, 0.717) is 0 Å². The van der Waals surface area contributed by atoms with Crippen LogP contribution in [0.4, 0.5) is 4.79 Å². The topological polar surface area (TPSA) is 113 Å². The SMILES string of the molecule is C#CCC(NC(=O)NC1C=CS(=O)(=O)C1)C(=O)O. The molecule has 2 unspecified atom stereocenters. The standard InChI is InChI=1S/C10H12N2O5S/c1-2-3-8(9(13)14)12-10(15)11-7-4-5-18(16,17)6-7/h1,4-5,7-8H,3,6H2,(H,13,14)(H2,11,12,15). The van der Waals surface area contributed by atoms with Crippen LogP contribution < -0.4 is 10.6 Å². The van der Waals surface area contributed by atoms with E-state index in [1.807, 2.05) is 0 Å². The van der Waals surface area contributed by atoms with Crippen molar-refractivity contribution in [1.29, 1.82) is 0 Å². The van der Waals surface area contributed by atoms with Gasteiger partial charge in [0.15, 0.2) is 9.84 Å². The molecule has 0 bridgehead atoms. The zero-order valence-electron chi connectivity index (χ0n) is 9.29. The molecule has 18 heavy (non-hydrogen) atoms. The molecule has 1 rings (SSSR count).